The standard InChI is InChI=1S/C72H86N14O14/c1-43(2)63-69(95)75-35-51(81-67(93)61-55(99-41-45-21-9-7-10-22-45)33-47-25-13-15-27-49(47)79-61)71(97)85-31-19-17-29-53(85)65(91)78-38-58(88)74-40-60(90)84(6)64(44(3)4)70(96)76-36-52(72(98)86-32-20-18-30-54(86)66(92)77-37-57(87)73-39-59(89)83(63)5)82-68(94)62-56(100-42-46-23-11-8-12-24-46)34-48-26-14-16-28-50(48)80-62/h7-16,21-28,33-34,43-44,51-54,63-64H,17-20,29-32,35-42H2,1-6H3,(H,73,87)(H,74,88)(H,75,95)(H,76,96)(H,77,92)(H,78,91)(H,81,93)(H,82,94)/t51-,52-,53+,54+,63+,64+/m1/s1. The second kappa shape index (κ2) is 34.4. The van der Waals surface area contributed by atoms with E-state index in [0.29, 0.717) is 47.5 Å². The Kier molecular flexibility index (Phi) is 25.2. The summed E-state index contributed by atoms with van der Waals surface area (Å²) in [7, 11) is 2.70. The molecule has 3 aliphatic heterocycles. The summed E-state index contributed by atoms with van der Waals surface area (Å²) >= 11 is 0. The van der Waals surface area contributed by atoms with E-state index in [1.54, 1.807) is 88.4 Å². The summed E-state index contributed by atoms with van der Waals surface area (Å²) in [6, 6.07) is 27.7. The van der Waals surface area contributed by atoms with Crippen molar-refractivity contribution >= 4 is 92.7 Å². The molecule has 12 amide bonds. The number of nitrogens with zero attached hydrogens (tertiary/aromatic N) is 6. The van der Waals surface area contributed by atoms with Crippen molar-refractivity contribution in [2.45, 2.75) is 116 Å². The average molecular weight is 1370 g/mol. The first-order chi connectivity index (χ1) is 48.1. The first kappa shape index (κ1) is 73.2. The van der Waals surface area contributed by atoms with Gasteiger partial charge < -0.3 is 71.6 Å². The van der Waals surface area contributed by atoms with Crippen LogP contribution in [0.2, 0.25) is 0 Å². The maximum atomic E-state index is 15.1. The van der Waals surface area contributed by atoms with Crippen molar-refractivity contribution in [2.75, 3.05) is 66.5 Å². The Morgan fingerprint density at radius 3 is 1.22 bits per heavy atom. The normalized spacial score (nSPS) is 21.3. The minimum Gasteiger partial charge on any atom is -0.486 e. The Morgan fingerprint density at radius 1 is 0.470 bits per heavy atom. The number of rotatable bonds is 12. The number of carbonyl (C=O) groups excluding carboxylic acids is 12. The first-order valence-electron chi connectivity index (χ1n) is 33.6. The predicted octanol–water partition coefficient (Wildman–Crippen LogP) is 2.28. The third-order valence-corrected chi connectivity index (χ3v) is 17.8. The monoisotopic (exact) mass is 1370 g/mol. The Balaban J connectivity index is 0.976. The van der Waals surface area contributed by atoms with E-state index in [4.69, 9.17) is 9.47 Å². The molecule has 0 aliphatic carbocycles. The molecule has 5 heterocycles. The van der Waals surface area contributed by atoms with E-state index in [-0.39, 0.29) is 62.0 Å². The summed E-state index contributed by atoms with van der Waals surface area (Å²) in [6.45, 7) is 3.11. The van der Waals surface area contributed by atoms with Gasteiger partial charge >= 0.3 is 0 Å². The van der Waals surface area contributed by atoms with Gasteiger partial charge in [0.15, 0.2) is 22.9 Å². The minimum atomic E-state index is -1.58. The molecule has 8 N–H and O–H groups in total. The molecule has 28 nitrogen and oxygen atoms in total. The fourth-order valence-corrected chi connectivity index (χ4v) is 12.5. The molecule has 9 rings (SSSR count). The van der Waals surface area contributed by atoms with Gasteiger partial charge in [-0.05, 0) is 85.8 Å². The molecule has 4 aromatic carbocycles. The van der Waals surface area contributed by atoms with Crippen molar-refractivity contribution in [3.8, 4) is 11.5 Å². The van der Waals surface area contributed by atoms with Gasteiger partial charge in [0, 0.05) is 51.0 Å². The summed E-state index contributed by atoms with van der Waals surface area (Å²) in [5, 5.41) is 22.4. The Bertz CT molecular complexity index is 3750. The van der Waals surface area contributed by atoms with Gasteiger partial charge in [-0.15, -0.1) is 0 Å². The third-order valence-electron chi connectivity index (χ3n) is 17.8. The molecule has 0 unspecified atom stereocenters. The van der Waals surface area contributed by atoms with E-state index in [0.717, 1.165) is 20.9 Å². The molecule has 28 heteroatoms. The van der Waals surface area contributed by atoms with Crippen molar-refractivity contribution in [3.63, 3.8) is 0 Å². The zero-order valence-corrected chi connectivity index (χ0v) is 56.9. The predicted molar refractivity (Wildman–Crippen MR) is 367 cm³/mol. The maximum Gasteiger partial charge on any atom is 0.274 e. The number of nitrogens with one attached hydrogen (secondary N) is 8. The van der Waals surface area contributed by atoms with Gasteiger partial charge in [-0.2, -0.15) is 0 Å². The number of ether oxygens (including phenoxy) is 2. The van der Waals surface area contributed by atoms with E-state index >= 15 is 9.59 Å². The van der Waals surface area contributed by atoms with Crippen LogP contribution in [0.1, 0.15) is 98.3 Å². The molecule has 0 spiro atoms. The zero-order valence-electron chi connectivity index (χ0n) is 56.9. The van der Waals surface area contributed by atoms with Gasteiger partial charge in [-0.1, -0.05) is 125 Å². The maximum absolute atomic E-state index is 15.1. The number of amides is 12. The molecule has 528 valence electrons. The Hall–Kier alpha value is -11.1. The second-order valence-corrected chi connectivity index (χ2v) is 25.6. The van der Waals surface area contributed by atoms with Crippen LogP contribution in [-0.2, 0) is 61.2 Å². The number of carbonyl (C=O) groups is 12. The molecule has 0 radical (unpaired) electrons. The summed E-state index contributed by atoms with van der Waals surface area (Å²) in [4.78, 5) is 186. The lowest BCUT2D eigenvalue weighted by Gasteiger charge is -2.37. The van der Waals surface area contributed by atoms with Crippen molar-refractivity contribution < 1.29 is 67.0 Å². The number of likely N-dealkylation sites (N-methyl/N-ethyl adjacent to an activating group) is 2. The van der Waals surface area contributed by atoms with Crippen molar-refractivity contribution in [3.05, 3.63) is 144 Å². The second-order valence-electron chi connectivity index (χ2n) is 25.6. The number of fused-ring (bicyclic) bond motifs is 4. The van der Waals surface area contributed by atoms with Gasteiger partial charge in [0.1, 0.15) is 49.5 Å². The van der Waals surface area contributed by atoms with Crippen LogP contribution in [0.3, 0.4) is 0 Å². The van der Waals surface area contributed by atoms with Gasteiger partial charge in [0.25, 0.3) is 11.8 Å². The van der Waals surface area contributed by atoms with Gasteiger partial charge in [-0.25, -0.2) is 9.97 Å². The van der Waals surface area contributed by atoms with E-state index in [1.165, 1.54) is 23.9 Å². The van der Waals surface area contributed by atoms with Crippen molar-refractivity contribution in [1.82, 2.24) is 72.1 Å². The summed E-state index contributed by atoms with van der Waals surface area (Å²) < 4.78 is 12.4. The highest BCUT2D eigenvalue weighted by molar-refractivity contribution is 6.03. The fraction of sp³-hybridized carbons (Fsp3) is 0.417. The SMILES string of the molecule is CC(C)[C@H]1C(=O)NC[C@@H](NC(=O)c2nc3ccccc3cc2OCc2ccccc2)C(=O)N2CCCC[C@H]2C(=O)NCC(=O)NCC(=O)N(C)[C@@H](C(C)C)C(=O)NC[C@@H](NC(=O)c2nc3ccccc3cc2OCc2ccccc2)C(=O)N2CCCC[C@H]2C(=O)NCC(=O)NCC(=O)N1C. The minimum absolute atomic E-state index is 0.0229. The number of piperidine rings is 2. The summed E-state index contributed by atoms with van der Waals surface area (Å²) in [5.74, 6) is -10.3. The van der Waals surface area contributed by atoms with Crippen LogP contribution in [0, 0.1) is 11.8 Å². The molecule has 3 aliphatic rings. The smallest absolute Gasteiger partial charge is 0.274 e. The molecule has 100 heavy (non-hydrogen) atoms. The number of hydrogen-bond donors (Lipinski definition) is 8. The van der Waals surface area contributed by atoms with Crippen LogP contribution >= 0.6 is 0 Å². The number of para-hydroxylation sites is 2. The quantitative estimate of drug-likeness (QED) is 0.0871. The highest BCUT2D eigenvalue weighted by atomic mass is 16.5. The lowest BCUT2D eigenvalue weighted by Crippen LogP contribution is -2.61. The van der Waals surface area contributed by atoms with Crippen molar-refractivity contribution in [1.29, 1.82) is 0 Å². The largest absolute Gasteiger partial charge is 0.486 e. The molecule has 6 aromatic rings. The fourth-order valence-electron chi connectivity index (χ4n) is 12.5. The van der Waals surface area contributed by atoms with E-state index in [9.17, 15) is 47.9 Å². The van der Waals surface area contributed by atoms with Crippen molar-refractivity contribution in [2.24, 2.45) is 11.8 Å². The molecular formula is C72H86N14O14. The summed E-state index contributed by atoms with van der Waals surface area (Å²) in [6.07, 6.45) is 2.12. The van der Waals surface area contributed by atoms with Crippen LogP contribution in [0.4, 0.5) is 0 Å². The zero-order chi connectivity index (χ0) is 71.6. The number of hydrogen-bond acceptors (Lipinski definition) is 16. The number of benzene rings is 4. The first-order valence-corrected chi connectivity index (χ1v) is 33.6. The highest BCUT2D eigenvalue weighted by Gasteiger charge is 2.41. The number of pyridine rings is 2. The highest BCUT2D eigenvalue weighted by Crippen LogP contribution is 2.28. The van der Waals surface area contributed by atoms with Gasteiger partial charge in [0.05, 0.1) is 37.2 Å². The van der Waals surface area contributed by atoms with Crippen LogP contribution in [-0.4, -0.2) is 203 Å². The van der Waals surface area contributed by atoms with Crippen LogP contribution in [0.15, 0.2) is 121 Å². The molecule has 0 saturated carbocycles. The topological polar surface area (TPSA) is 358 Å². The van der Waals surface area contributed by atoms with Crippen LogP contribution in [0.5, 0.6) is 11.5 Å². The molecule has 6 atom stereocenters. The van der Waals surface area contributed by atoms with Crippen LogP contribution in [0.25, 0.3) is 21.8 Å². The lowest BCUT2D eigenvalue weighted by atomic mass is 9.99. The number of aromatic nitrogens is 2. The van der Waals surface area contributed by atoms with Gasteiger partial charge in [-0.3, -0.25) is 57.5 Å². The molecule has 0 bridgehead atoms. The van der Waals surface area contributed by atoms with E-state index < -0.39 is 158 Å². The van der Waals surface area contributed by atoms with Gasteiger partial charge in [0.2, 0.25) is 59.1 Å². The molecular weight excluding hydrogens is 1280 g/mol. The third kappa shape index (κ3) is 18.8. The molecule has 3 saturated heterocycles. The molecule has 2 aromatic heterocycles. The van der Waals surface area contributed by atoms with E-state index in [2.05, 4.69) is 52.5 Å². The Labute approximate surface area is 578 Å². The molecule has 3 fully saturated rings. The van der Waals surface area contributed by atoms with E-state index in [1.807, 2.05) is 60.7 Å². The summed E-state index contributed by atoms with van der Waals surface area (Å²) in [5.41, 5.74) is 2.06. The lowest BCUT2D eigenvalue weighted by molar-refractivity contribution is -0.144. The average Bonchev–Trinajstić information content (AvgIpc) is 0.801. The Morgan fingerprint density at radius 2 is 0.840 bits per heavy atom. The van der Waals surface area contributed by atoms with Crippen LogP contribution < -0.4 is 52.0 Å².